The van der Waals surface area contributed by atoms with Crippen LogP contribution in [0.15, 0.2) is 42.5 Å². The number of benzene rings is 2. The number of fused-ring (bicyclic) bond motifs is 1. The maximum absolute atomic E-state index is 12.2. The number of Topliss-reactive ketones (excluding diaryl/α,β-unsaturated/α-hetero) is 1. The lowest BCUT2D eigenvalue weighted by Gasteiger charge is -2.18. The number of esters is 1. The minimum absolute atomic E-state index is 0.0469. The van der Waals surface area contributed by atoms with Gasteiger partial charge in [0.1, 0.15) is 5.75 Å². The number of carbonyl (C=O) groups is 3. The van der Waals surface area contributed by atoms with Crippen LogP contribution in [0.3, 0.4) is 0 Å². The van der Waals surface area contributed by atoms with Crippen LogP contribution >= 0.6 is 0 Å². The number of anilines is 1. The van der Waals surface area contributed by atoms with E-state index in [1.54, 1.807) is 24.3 Å². The van der Waals surface area contributed by atoms with Crippen molar-refractivity contribution in [3.05, 3.63) is 59.2 Å². The van der Waals surface area contributed by atoms with Crippen molar-refractivity contribution in [2.45, 2.75) is 13.3 Å². The van der Waals surface area contributed by atoms with E-state index in [-0.39, 0.29) is 24.9 Å². The van der Waals surface area contributed by atoms with Crippen molar-refractivity contribution >= 4 is 23.3 Å². The Kier molecular flexibility index (Phi) is 4.79. The number of ketones is 1. The smallest absolute Gasteiger partial charge is 0.338 e. The summed E-state index contributed by atoms with van der Waals surface area (Å²) in [5, 5.41) is 2.63. The van der Waals surface area contributed by atoms with Gasteiger partial charge in [-0.25, -0.2) is 4.79 Å². The van der Waals surface area contributed by atoms with Crippen molar-refractivity contribution in [3.63, 3.8) is 0 Å². The van der Waals surface area contributed by atoms with E-state index in [1.165, 1.54) is 6.07 Å². The first-order chi connectivity index (χ1) is 12.1. The molecule has 0 aromatic heterocycles. The number of hydrogen-bond donors (Lipinski definition) is 1. The molecular weight excluding hydrogens is 322 g/mol. The number of nitrogens with one attached hydrogen (secondary N) is 1. The van der Waals surface area contributed by atoms with Gasteiger partial charge in [-0.1, -0.05) is 19.1 Å². The van der Waals surface area contributed by atoms with Crippen molar-refractivity contribution in [1.29, 1.82) is 0 Å². The van der Waals surface area contributed by atoms with Gasteiger partial charge in [0.05, 0.1) is 11.3 Å². The Hall–Kier alpha value is -3.15. The maximum atomic E-state index is 12.2. The van der Waals surface area contributed by atoms with Crippen molar-refractivity contribution < 1.29 is 23.9 Å². The molecule has 0 radical (unpaired) electrons. The Balaban J connectivity index is 1.63. The lowest BCUT2D eigenvalue weighted by Crippen LogP contribution is -2.25. The third-order valence-electron chi connectivity index (χ3n) is 3.87. The molecule has 2 aromatic carbocycles. The van der Waals surface area contributed by atoms with E-state index in [9.17, 15) is 14.4 Å². The first-order valence-electron chi connectivity index (χ1n) is 7.93. The van der Waals surface area contributed by atoms with E-state index in [0.717, 1.165) is 12.0 Å². The van der Waals surface area contributed by atoms with Gasteiger partial charge in [-0.3, -0.25) is 9.59 Å². The molecule has 1 amide bonds. The Morgan fingerprint density at radius 3 is 2.56 bits per heavy atom. The average Bonchev–Trinajstić information content (AvgIpc) is 2.65. The number of ether oxygens (including phenoxy) is 2. The van der Waals surface area contributed by atoms with Gasteiger partial charge in [0.2, 0.25) is 0 Å². The SMILES string of the molecule is CCc1ccc(C(=O)OCC(=O)c2ccc3c(c2)NC(=O)CO3)cc1. The van der Waals surface area contributed by atoms with E-state index in [0.29, 0.717) is 22.6 Å². The topological polar surface area (TPSA) is 81.7 Å². The normalized spacial score (nSPS) is 12.6. The van der Waals surface area contributed by atoms with Crippen LogP contribution in [0.2, 0.25) is 0 Å². The molecule has 1 heterocycles. The Morgan fingerprint density at radius 1 is 1.12 bits per heavy atom. The molecular formula is C19H17NO5. The van der Waals surface area contributed by atoms with Crippen LogP contribution in [0.5, 0.6) is 5.75 Å². The molecule has 6 heteroatoms. The fourth-order valence-corrected chi connectivity index (χ4v) is 2.43. The van der Waals surface area contributed by atoms with Crippen molar-refractivity contribution in [3.8, 4) is 5.75 Å². The number of amides is 1. The Morgan fingerprint density at radius 2 is 1.84 bits per heavy atom. The van der Waals surface area contributed by atoms with E-state index >= 15 is 0 Å². The van der Waals surface area contributed by atoms with E-state index < -0.39 is 5.97 Å². The molecule has 0 saturated heterocycles. The summed E-state index contributed by atoms with van der Waals surface area (Å²) in [6.07, 6.45) is 0.881. The summed E-state index contributed by atoms with van der Waals surface area (Å²) in [5.41, 5.74) is 2.28. The molecule has 3 rings (SSSR count). The lowest BCUT2D eigenvalue weighted by molar-refractivity contribution is -0.118. The van der Waals surface area contributed by atoms with Gasteiger partial charge in [0.25, 0.3) is 5.91 Å². The molecule has 0 atom stereocenters. The van der Waals surface area contributed by atoms with Crippen molar-refractivity contribution in [2.24, 2.45) is 0 Å². The van der Waals surface area contributed by atoms with Gasteiger partial charge in [-0.15, -0.1) is 0 Å². The van der Waals surface area contributed by atoms with Gasteiger partial charge >= 0.3 is 5.97 Å². The molecule has 1 N–H and O–H groups in total. The van der Waals surface area contributed by atoms with Crippen molar-refractivity contribution in [1.82, 2.24) is 0 Å². The van der Waals surface area contributed by atoms with Crippen LogP contribution in [-0.2, 0) is 16.0 Å². The Bertz CT molecular complexity index is 826. The predicted octanol–water partition coefficient (Wildman–Crippen LogP) is 2.62. The second-order valence-corrected chi connectivity index (χ2v) is 5.60. The largest absolute Gasteiger partial charge is 0.482 e. The molecule has 0 unspecified atom stereocenters. The summed E-state index contributed by atoms with van der Waals surface area (Å²) >= 11 is 0. The van der Waals surface area contributed by atoms with Crippen molar-refractivity contribution in [2.75, 3.05) is 18.5 Å². The molecule has 0 spiro atoms. The number of carbonyl (C=O) groups excluding carboxylic acids is 3. The summed E-state index contributed by atoms with van der Waals surface area (Å²) in [5.74, 6) is -0.685. The number of rotatable bonds is 5. The Labute approximate surface area is 144 Å². The molecule has 2 aromatic rings. The minimum Gasteiger partial charge on any atom is -0.482 e. The summed E-state index contributed by atoms with van der Waals surface area (Å²) in [7, 11) is 0. The van der Waals surface area contributed by atoms with Crippen LogP contribution in [0.25, 0.3) is 0 Å². The summed E-state index contributed by atoms with van der Waals surface area (Å²) in [4.78, 5) is 35.6. The van der Waals surface area contributed by atoms with E-state index in [1.807, 2.05) is 19.1 Å². The zero-order valence-corrected chi connectivity index (χ0v) is 13.7. The van der Waals surface area contributed by atoms with Gasteiger partial charge in [-0.2, -0.15) is 0 Å². The quantitative estimate of drug-likeness (QED) is 0.669. The number of hydrogen-bond acceptors (Lipinski definition) is 5. The molecule has 0 saturated carbocycles. The zero-order valence-electron chi connectivity index (χ0n) is 13.7. The van der Waals surface area contributed by atoms with E-state index in [2.05, 4.69) is 5.32 Å². The second-order valence-electron chi connectivity index (χ2n) is 5.60. The van der Waals surface area contributed by atoms with Crippen LogP contribution in [-0.4, -0.2) is 30.9 Å². The molecule has 0 bridgehead atoms. The van der Waals surface area contributed by atoms with Crippen LogP contribution in [0.4, 0.5) is 5.69 Å². The van der Waals surface area contributed by atoms with Crippen LogP contribution in [0.1, 0.15) is 33.2 Å². The molecule has 128 valence electrons. The summed E-state index contributed by atoms with van der Waals surface area (Å²) in [6.45, 7) is 1.61. The summed E-state index contributed by atoms with van der Waals surface area (Å²) < 4.78 is 10.3. The predicted molar refractivity (Wildman–Crippen MR) is 91.0 cm³/mol. The third kappa shape index (κ3) is 3.85. The fraction of sp³-hybridized carbons (Fsp3) is 0.211. The first-order valence-corrected chi connectivity index (χ1v) is 7.93. The van der Waals surface area contributed by atoms with Gasteiger partial charge in [-0.05, 0) is 42.3 Å². The maximum Gasteiger partial charge on any atom is 0.338 e. The third-order valence-corrected chi connectivity index (χ3v) is 3.87. The number of aryl methyl sites for hydroxylation is 1. The molecule has 0 fully saturated rings. The highest BCUT2D eigenvalue weighted by molar-refractivity contribution is 6.02. The highest BCUT2D eigenvalue weighted by atomic mass is 16.5. The average molecular weight is 339 g/mol. The molecule has 1 aliphatic heterocycles. The highest BCUT2D eigenvalue weighted by Crippen LogP contribution is 2.28. The molecule has 6 nitrogen and oxygen atoms in total. The molecule has 0 aliphatic carbocycles. The van der Waals surface area contributed by atoms with E-state index in [4.69, 9.17) is 9.47 Å². The van der Waals surface area contributed by atoms with Gasteiger partial charge in [0.15, 0.2) is 19.0 Å². The van der Waals surface area contributed by atoms with Crippen LogP contribution in [0, 0.1) is 0 Å². The zero-order chi connectivity index (χ0) is 17.8. The highest BCUT2D eigenvalue weighted by Gasteiger charge is 2.18. The second kappa shape index (κ2) is 7.17. The molecule has 1 aliphatic rings. The first kappa shape index (κ1) is 16.7. The fourth-order valence-electron chi connectivity index (χ4n) is 2.43. The summed E-state index contributed by atoms with van der Waals surface area (Å²) in [6, 6.07) is 11.7. The van der Waals surface area contributed by atoms with Gasteiger partial charge < -0.3 is 14.8 Å². The van der Waals surface area contributed by atoms with Gasteiger partial charge in [0, 0.05) is 5.56 Å². The minimum atomic E-state index is -0.550. The van der Waals surface area contributed by atoms with Crippen LogP contribution < -0.4 is 10.1 Å². The lowest BCUT2D eigenvalue weighted by atomic mass is 10.1. The molecule has 25 heavy (non-hydrogen) atoms. The monoisotopic (exact) mass is 339 g/mol. The standard InChI is InChI=1S/C19H17NO5/c1-2-12-3-5-13(6-4-12)19(23)25-10-16(21)14-7-8-17-15(9-14)20-18(22)11-24-17/h3-9H,2,10-11H2,1H3,(H,20,22).